The van der Waals surface area contributed by atoms with E-state index >= 15 is 0 Å². The maximum atomic E-state index is 11.7. The summed E-state index contributed by atoms with van der Waals surface area (Å²) in [6.45, 7) is 6.91. The van der Waals surface area contributed by atoms with Crippen LogP contribution < -0.4 is 4.74 Å². The van der Waals surface area contributed by atoms with Crippen LogP contribution in [0.15, 0.2) is 42.5 Å². The fraction of sp³-hybridized carbons (Fsp3) is 0.773. The maximum Gasteiger partial charge on any atom is 0.311 e. The number of rotatable bonds is 33. The quantitative estimate of drug-likeness (QED) is 0.0323. The standard InChI is InChI=1S/C24H40O2.C20H38O2/c1-2-3-4-5-6-7-8-9-10-11-12-13-14-15-19-22-24(25)26-23-20-17-16-18-21-23;1-3-5-6-7-8-9-10-11-12-13-14-15-16-17-18-19-20(21)22-4-2/h16-18,20-21H,2-15,19,22H2,1H3;11-12H,3-10,13-19H2,1-2H3. The summed E-state index contributed by atoms with van der Waals surface area (Å²) in [7, 11) is 0. The molecule has 1 aromatic rings. The van der Waals surface area contributed by atoms with E-state index in [9.17, 15) is 9.59 Å². The molecule has 0 radical (unpaired) electrons. The predicted octanol–water partition coefficient (Wildman–Crippen LogP) is 14.4. The van der Waals surface area contributed by atoms with Crippen molar-refractivity contribution in [1.82, 2.24) is 0 Å². The van der Waals surface area contributed by atoms with Crippen LogP contribution in [0.25, 0.3) is 0 Å². The van der Waals surface area contributed by atoms with Gasteiger partial charge in [-0.1, -0.05) is 185 Å². The van der Waals surface area contributed by atoms with Crippen LogP contribution in [0.2, 0.25) is 0 Å². The van der Waals surface area contributed by atoms with Gasteiger partial charge in [-0.3, -0.25) is 9.59 Å². The van der Waals surface area contributed by atoms with Gasteiger partial charge in [0.2, 0.25) is 0 Å². The number of unbranched alkanes of at least 4 members (excludes halogenated alkanes) is 25. The van der Waals surface area contributed by atoms with Crippen LogP contribution >= 0.6 is 0 Å². The topological polar surface area (TPSA) is 52.6 Å². The second-order valence-corrected chi connectivity index (χ2v) is 13.6. The number of benzene rings is 1. The molecule has 0 saturated heterocycles. The number of ether oxygens (including phenoxy) is 2. The second-order valence-electron chi connectivity index (χ2n) is 13.6. The Morgan fingerprint density at radius 2 is 0.812 bits per heavy atom. The van der Waals surface area contributed by atoms with E-state index in [1.54, 1.807) is 0 Å². The summed E-state index contributed by atoms with van der Waals surface area (Å²) >= 11 is 0. The van der Waals surface area contributed by atoms with Gasteiger partial charge in [-0.25, -0.2) is 0 Å². The van der Waals surface area contributed by atoms with Gasteiger partial charge in [0.25, 0.3) is 0 Å². The lowest BCUT2D eigenvalue weighted by Gasteiger charge is -2.04. The van der Waals surface area contributed by atoms with E-state index in [-0.39, 0.29) is 11.9 Å². The Kier molecular flexibility index (Phi) is 37.6. The fourth-order valence-electron chi connectivity index (χ4n) is 5.88. The van der Waals surface area contributed by atoms with E-state index in [2.05, 4.69) is 26.0 Å². The van der Waals surface area contributed by atoms with Gasteiger partial charge >= 0.3 is 11.9 Å². The highest BCUT2D eigenvalue weighted by Gasteiger charge is 2.04. The number of hydrogen-bond acceptors (Lipinski definition) is 4. The average Bonchev–Trinajstić information content (AvgIpc) is 3.09. The van der Waals surface area contributed by atoms with Crippen LogP contribution in [0.1, 0.15) is 213 Å². The molecule has 0 aliphatic heterocycles. The van der Waals surface area contributed by atoms with E-state index in [1.807, 2.05) is 37.3 Å². The SMILES string of the molecule is CCCCCCCCC=CCCCCCCCC(=O)OCC.CCCCCCCCCCCCCCCCCC(=O)Oc1ccccc1. The minimum Gasteiger partial charge on any atom is -0.466 e. The Balaban J connectivity index is 0.000000935. The highest BCUT2D eigenvalue weighted by Crippen LogP contribution is 2.15. The molecule has 0 bridgehead atoms. The van der Waals surface area contributed by atoms with Gasteiger partial charge < -0.3 is 9.47 Å². The number of carbonyl (C=O) groups is 2. The van der Waals surface area contributed by atoms with Gasteiger partial charge in [-0.05, 0) is 57.6 Å². The van der Waals surface area contributed by atoms with E-state index in [0.29, 0.717) is 25.2 Å². The van der Waals surface area contributed by atoms with Crippen LogP contribution in [0.3, 0.4) is 0 Å². The van der Waals surface area contributed by atoms with Crippen molar-refractivity contribution in [3.8, 4) is 5.75 Å². The van der Waals surface area contributed by atoms with Gasteiger partial charge in [-0.15, -0.1) is 0 Å². The van der Waals surface area contributed by atoms with E-state index in [0.717, 1.165) is 25.7 Å². The molecule has 0 heterocycles. The Labute approximate surface area is 298 Å². The third-order valence-corrected chi connectivity index (χ3v) is 8.91. The van der Waals surface area contributed by atoms with Crippen LogP contribution in [0, 0.1) is 0 Å². The molecule has 0 amide bonds. The molecule has 0 unspecified atom stereocenters. The highest BCUT2D eigenvalue weighted by atomic mass is 16.5. The largest absolute Gasteiger partial charge is 0.466 e. The van der Waals surface area contributed by atoms with E-state index in [1.165, 1.54) is 154 Å². The van der Waals surface area contributed by atoms with Gasteiger partial charge in [-0.2, -0.15) is 0 Å². The third-order valence-electron chi connectivity index (χ3n) is 8.91. The van der Waals surface area contributed by atoms with Crippen molar-refractivity contribution in [2.45, 2.75) is 213 Å². The molecule has 0 aromatic heterocycles. The lowest BCUT2D eigenvalue weighted by atomic mass is 10.0. The maximum absolute atomic E-state index is 11.7. The van der Waals surface area contributed by atoms with Gasteiger partial charge in [0.1, 0.15) is 5.75 Å². The molecule has 0 spiro atoms. The zero-order chi connectivity index (χ0) is 35.0. The molecule has 4 heteroatoms. The number of esters is 2. The molecule has 0 saturated carbocycles. The van der Waals surface area contributed by atoms with E-state index < -0.39 is 0 Å². The molecule has 0 aliphatic rings. The lowest BCUT2D eigenvalue weighted by Crippen LogP contribution is -2.07. The summed E-state index contributed by atoms with van der Waals surface area (Å²) in [4.78, 5) is 22.9. The molecule has 1 aromatic carbocycles. The molecule has 4 nitrogen and oxygen atoms in total. The summed E-state index contributed by atoms with van der Waals surface area (Å²) in [5, 5.41) is 0. The summed E-state index contributed by atoms with van der Waals surface area (Å²) < 4.78 is 10.2. The smallest absolute Gasteiger partial charge is 0.311 e. The van der Waals surface area contributed by atoms with E-state index in [4.69, 9.17) is 9.47 Å². The Morgan fingerprint density at radius 1 is 0.458 bits per heavy atom. The number of carbonyl (C=O) groups excluding carboxylic acids is 2. The first-order valence-electron chi connectivity index (χ1n) is 20.7. The van der Waals surface area contributed by atoms with Crippen molar-refractivity contribution in [2.24, 2.45) is 0 Å². The zero-order valence-electron chi connectivity index (χ0n) is 32.1. The number of hydrogen-bond donors (Lipinski definition) is 0. The van der Waals surface area contributed by atoms with Gasteiger partial charge in [0.05, 0.1) is 6.61 Å². The summed E-state index contributed by atoms with van der Waals surface area (Å²) in [5.41, 5.74) is 0. The summed E-state index contributed by atoms with van der Waals surface area (Å²) in [6.07, 6.45) is 42.7. The predicted molar refractivity (Wildman–Crippen MR) is 208 cm³/mol. The first-order chi connectivity index (χ1) is 23.6. The normalized spacial score (nSPS) is 11.0. The molecule has 278 valence electrons. The average molecular weight is 671 g/mol. The minimum atomic E-state index is -0.106. The van der Waals surface area contributed by atoms with Crippen molar-refractivity contribution in [1.29, 1.82) is 0 Å². The van der Waals surface area contributed by atoms with Gasteiger partial charge in [0.15, 0.2) is 0 Å². The van der Waals surface area contributed by atoms with Crippen molar-refractivity contribution in [3.63, 3.8) is 0 Å². The van der Waals surface area contributed by atoms with Crippen molar-refractivity contribution < 1.29 is 19.1 Å². The molecule has 1 rings (SSSR count). The molecular formula is C44H78O4. The molecule has 0 N–H and O–H groups in total. The van der Waals surface area contributed by atoms with Crippen molar-refractivity contribution in [3.05, 3.63) is 42.5 Å². The Bertz CT molecular complexity index is 818. The van der Waals surface area contributed by atoms with Crippen molar-refractivity contribution >= 4 is 11.9 Å². The molecular weight excluding hydrogens is 592 g/mol. The van der Waals surface area contributed by atoms with Crippen LogP contribution in [-0.4, -0.2) is 18.5 Å². The Morgan fingerprint density at radius 3 is 1.21 bits per heavy atom. The Hall–Kier alpha value is -2.10. The molecule has 0 atom stereocenters. The summed E-state index contributed by atoms with van der Waals surface area (Å²) in [6, 6.07) is 9.34. The third kappa shape index (κ3) is 36.7. The van der Waals surface area contributed by atoms with Crippen LogP contribution in [0.5, 0.6) is 5.75 Å². The second kappa shape index (κ2) is 39.3. The first kappa shape index (κ1) is 45.9. The highest BCUT2D eigenvalue weighted by molar-refractivity contribution is 5.72. The molecule has 48 heavy (non-hydrogen) atoms. The van der Waals surface area contributed by atoms with Gasteiger partial charge in [0, 0.05) is 12.8 Å². The zero-order valence-corrected chi connectivity index (χ0v) is 32.1. The minimum absolute atomic E-state index is 0.0415. The monoisotopic (exact) mass is 671 g/mol. The fourth-order valence-corrected chi connectivity index (χ4v) is 5.88. The number of allylic oxidation sites excluding steroid dienone is 2. The molecule has 0 aliphatic carbocycles. The lowest BCUT2D eigenvalue weighted by molar-refractivity contribution is -0.143. The number of para-hydroxylation sites is 1. The van der Waals surface area contributed by atoms with Crippen LogP contribution in [0.4, 0.5) is 0 Å². The van der Waals surface area contributed by atoms with Crippen molar-refractivity contribution in [2.75, 3.05) is 6.61 Å². The van der Waals surface area contributed by atoms with Crippen LogP contribution in [-0.2, 0) is 14.3 Å². The molecule has 0 fully saturated rings. The first-order valence-corrected chi connectivity index (χ1v) is 20.7. The summed E-state index contributed by atoms with van der Waals surface area (Å²) in [5.74, 6) is 0.504.